The predicted molar refractivity (Wildman–Crippen MR) is 86.9 cm³/mol. The Morgan fingerprint density at radius 3 is 2.55 bits per heavy atom. The van der Waals surface area contributed by atoms with Crippen LogP contribution in [0.4, 0.5) is 0 Å². The van der Waals surface area contributed by atoms with Crippen LogP contribution >= 0.6 is 0 Å². The van der Waals surface area contributed by atoms with Gasteiger partial charge in [-0.2, -0.15) is 5.26 Å². The van der Waals surface area contributed by atoms with E-state index >= 15 is 0 Å². The summed E-state index contributed by atoms with van der Waals surface area (Å²) in [5, 5.41) is 11.9. The number of nitriles is 1. The van der Waals surface area contributed by atoms with Gasteiger partial charge < -0.3 is 5.32 Å². The number of hydrogen-bond donors (Lipinski definition) is 1. The second kappa shape index (κ2) is 7.42. The zero-order chi connectivity index (χ0) is 16.0. The molecule has 1 atom stereocenters. The molecule has 1 heterocycles. The zero-order valence-electron chi connectivity index (χ0n) is 13.5. The second-order valence-electron chi connectivity index (χ2n) is 6.39. The van der Waals surface area contributed by atoms with Crippen LogP contribution in [-0.4, -0.2) is 29.9 Å². The van der Waals surface area contributed by atoms with Gasteiger partial charge in [-0.3, -0.25) is 9.69 Å². The van der Waals surface area contributed by atoms with E-state index in [1.165, 1.54) is 5.56 Å². The molecule has 0 spiro atoms. The van der Waals surface area contributed by atoms with Crippen LogP contribution in [0.1, 0.15) is 38.7 Å². The molecule has 1 amide bonds. The van der Waals surface area contributed by atoms with Crippen molar-refractivity contribution in [1.29, 1.82) is 5.26 Å². The van der Waals surface area contributed by atoms with Gasteiger partial charge in [-0.15, -0.1) is 0 Å². The third kappa shape index (κ3) is 4.08. The third-order valence-electron chi connectivity index (χ3n) is 4.63. The number of carbonyl (C=O) groups excluding carboxylic acids is 1. The molecule has 1 fully saturated rings. The van der Waals surface area contributed by atoms with Crippen molar-refractivity contribution in [2.24, 2.45) is 5.41 Å². The second-order valence-corrected chi connectivity index (χ2v) is 6.39. The van der Waals surface area contributed by atoms with Crippen molar-refractivity contribution in [3.63, 3.8) is 0 Å². The van der Waals surface area contributed by atoms with E-state index in [1.54, 1.807) is 0 Å². The van der Waals surface area contributed by atoms with Gasteiger partial charge in [-0.1, -0.05) is 44.2 Å². The van der Waals surface area contributed by atoms with Gasteiger partial charge in [0.15, 0.2) is 0 Å². The summed E-state index contributed by atoms with van der Waals surface area (Å²) in [6.45, 7) is 6.71. The standard InChI is InChI=1S/C18H25N3O/c1-3-16(13-19)20-17(22)18(2)9-11-21(12-10-18)14-15-7-5-4-6-8-15/h4-8,16H,3,9-12,14H2,1-2H3,(H,20,22)/t16-/m0/s1. The summed E-state index contributed by atoms with van der Waals surface area (Å²) < 4.78 is 0. The van der Waals surface area contributed by atoms with Crippen molar-refractivity contribution in [3.05, 3.63) is 35.9 Å². The Morgan fingerprint density at radius 1 is 1.36 bits per heavy atom. The summed E-state index contributed by atoms with van der Waals surface area (Å²) in [7, 11) is 0. The largest absolute Gasteiger partial charge is 0.340 e. The van der Waals surface area contributed by atoms with Gasteiger partial charge in [0.2, 0.25) is 5.91 Å². The number of carbonyl (C=O) groups is 1. The van der Waals surface area contributed by atoms with E-state index < -0.39 is 0 Å². The first-order valence-corrected chi connectivity index (χ1v) is 8.04. The lowest BCUT2D eigenvalue weighted by Crippen LogP contribution is -2.49. The fourth-order valence-corrected chi connectivity index (χ4v) is 2.83. The zero-order valence-corrected chi connectivity index (χ0v) is 13.5. The molecule has 22 heavy (non-hydrogen) atoms. The van der Waals surface area contributed by atoms with Gasteiger partial charge in [-0.25, -0.2) is 0 Å². The smallest absolute Gasteiger partial charge is 0.227 e. The molecular weight excluding hydrogens is 274 g/mol. The molecule has 2 rings (SSSR count). The van der Waals surface area contributed by atoms with Crippen LogP contribution in [0.3, 0.4) is 0 Å². The lowest BCUT2D eigenvalue weighted by atomic mass is 9.79. The number of piperidine rings is 1. The molecule has 4 nitrogen and oxygen atoms in total. The van der Waals surface area contributed by atoms with E-state index in [9.17, 15) is 4.79 Å². The highest BCUT2D eigenvalue weighted by Crippen LogP contribution is 2.31. The highest BCUT2D eigenvalue weighted by molar-refractivity contribution is 5.82. The van der Waals surface area contributed by atoms with Crippen LogP contribution in [0, 0.1) is 16.7 Å². The van der Waals surface area contributed by atoms with E-state index in [4.69, 9.17) is 5.26 Å². The van der Waals surface area contributed by atoms with E-state index in [2.05, 4.69) is 40.6 Å². The molecule has 1 aliphatic heterocycles. The van der Waals surface area contributed by atoms with Gasteiger partial charge in [0.05, 0.1) is 6.07 Å². The molecule has 4 heteroatoms. The molecule has 1 saturated heterocycles. The van der Waals surface area contributed by atoms with Gasteiger partial charge in [0.1, 0.15) is 6.04 Å². The number of hydrogen-bond acceptors (Lipinski definition) is 3. The molecule has 1 N–H and O–H groups in total. The van der Waals surface area contributed by atoms with E-state index in [0.29, 0.717) is 6.42 Å². The van der Waals surface area contributed by atoms with Crippen molar-refractivity contribution in [2.75, 3.05) is 13.1 Å². The maximum absolute atomic E-state index is 12.4. The van der Waals surface area contributed by atoms with Gasteiger partial charge in [-0.05, 0) is 37.9 Å². The fraction of sp³-hybridized carbons (Fsp3) is 0.556. The molecule has 0 aliphatic carbocycles. The van der Waals surface area contributed by atoms with Crippen LogP contribution in [0.2, 0.25) is 0 Å². The predicted octanol–water partition coefficient (Wildman–Crippen LogP) is 2.71. The Bertz CT molecular complexity index is 527. The van der Waals surface area contributed by atoms with Gasteiger partial charge in [0.25, 0.3) is 0 Å². The summed E-state index contributed by atoms with van der Waals surface area (Å²) in [5.41, 5.74) is 0.961. The molecule has 0 radical (unpaired) electrons. The highest BCUT2D eigenvalue weighted by Gasteiger charge is 2.37. The van der Waals surface area contributed by atoms with Crippen molar-refractivity contribution < 1.29 is 4.79 Å². The molecule has 0 unspecified atom stereocenters. The van der Waals surface area contributed by atoms with Crippen LogP contribution in [0.25, 0.3) is 0 Å². The molecule has 0 bridgehead atoms. The molecule has 1 aliphatic rings. The Balaban J connectivity index is 1.87. The number of likely N-dealkylation sites (tertiary alicyclic amines) is 1. The molecule has 0 saturated carbocycles. The maximum atomic E-state index is 12.4. The SMILES string of the molecule is CC[C@@H](C#N)NC(=O)C1(C)CCN(Cc2ccccc2)CC1. The number of nitrogens with one attached hydrogen (secondary N) is 1. The number of nitrogens with zero attached hydrogens (tertiary/aromatic N) is 2. The molecule has 1 aromatic carbocycles. The van der Waals surface area contributed by atoms with E-state index in [0.717, 1.165) is 32.5 Å². The Kier molecular flexibility index (Phi) is 5.57. The van der Waals surface area contributed by atoms with Crippen LogP contribution < -0.4 is 5.32 Å². The third-order valence-corrected chi connectivity index (χ3v) is 4.63. The maximum Gasteiger partial charge on any atom is 0.227 e. The average Bonchev–Trinajstić information content (AvgIpc) is 2.55. The summed E-state index contributed by atoms with van der Waals surface area (Å²) in [4.78, 5) is 14.8. The number of amides is 1. The molecule has 0 aromatic heterocycles. The first-order valence-electron chi connectivity index (χ1n) is 8.04. The number of rotatable bonds is 5. The highest BCUT2D eigenvalue weighted by atomic mass is 16.2. The lowest BCUT2D eigenvalue weighted by Gasteiger charge is -2.38. The lowest BCUT2D eigenvalue weighted by molar-refractivity contribution is -0.133. The Labute approximate surface area is 133 Å². The Hall–Kier alpha value is -1.86. The van der Waals surface area contributed by atoms with Crippen molar-refractivity contribution in [1.82, 2.24) is 10.2 Å². The number of benzene rings is 1. The fourth-order valence-electron chi connectivity index (χ4n) is 2.83. The minimum atomic E-state index is -0.369. The van der Waals surface area contributed by atoms with Gasteiger partial charge >= 0.3 is 0 Å². The molecule has 1 aromatic rings. The van der Waals surface area contributed by atoms with Crippen LogP contribution in [-0.2, 0) is 11.3 Å². The van der Waals surface area contributed by atoms with Crippen LogP contribution in [0.15, 0.2) is 30.3 Å². The summed E-state index contributed by atoms with van der Waals surface area (Å²) in [5.74, 6) is 0.0280. The Morgan fingerprint density at radius 2 is 2.00 bits per heavy atom. The molecular formula is C18H25N3O. The normalized spacial score (nSPS) is 19.1. The average molecular weight is 299 g/mol. The van der Waals surface area contributed by atoms with E-state index in [-0.39, 0.29) is 17.4 Å². The van der Waals surface area contributed by atoms with Crippen molar-refractivity contribution in [2.45, 2.75) is 45.7 Å². The quantitative estimate of drug-likeness (QED) is 0.909. The van der Waals surface area contributed by atoms with Crippen molar-refractivity contribution in [3.8, 4) is 6.07 Å². The monoisotopic (exact) mass is 299 g/mol. The van der Waals surface area contributed by atoms with Crippen LogP contribution in [0.5, 0.6) is 0 Å². The summed E-state index contributed by atoms with van der Waals surface area (Å²) in [6.07, 6.45) is 2.33. The first kappa shape index (κ1) is 16.5. The topological polar surface area (TPSA) is 56.1 Å². The minimum Gasteiger partial charge on any atom is -0.340 e. The minimum absolute atomic E-state index is 0.0280. The summed E-state index contributed by atoms with van der Waals surface area (Å²) >= 11 is 0. The van der Waals surface area contributed by atoms with E-state index in [1.807, 2.05) is 19.9 Å². The van der Waals surface area contributed by atoms with Crippen molar-refractivity contribution >= 4 is 5.91 Å². The summed E-state index contributed by atoms with van der Waals surface area (Å²) in [6, 6.07) is 12.2. The molecule has 118 valence electrons. The first-order chi connectivity index (χ1) is 10.6. The van der Waals surface area contributed by atoms with Gasteiger partial charge in [0, 0.05) is 12.0 Å².